The number of hydrogen-bond donors (Lipinski definition) is 3. The predicted molar refractivity (Wildman–Crippen MR) is 62.5 cm³/mol. The average molecular weight is 249 g/mol. The molecule has 0 fully saturated rings. The van der Waals surface area contributed by atoms with E-state index in [9.17, 15) is 0 Å². The molecule has 0 aliphatic heterocycles. The summed E-state index contributed by atoms with van der Waals surface area (Å²) in [6.07, 6.45) is 1.64. The summed E-state index contributed by atoms with van der Waals surface area (Å²) in [5.41, 5.74) is 8.54. The summed E-state index contributed by atoms with van der Waals surface area (Å²) in [4.78, 5) is 0. The van der Waals surface area contributed by atoms with E-state index in [1.807, 2.05) is 0 Å². The Kier molecular flexibility index (Phi) is 4.13. The number of thiocarbonyl (C=S) groups is 1. The highest BCUT2D eigenvalue weighted by atomic mass is 35.5. The van der Waals surface area contributed by atoms with Gasteiger partial charge in [-0.2, -0.15) is 0 Å². The van der Waals surface area contributed by atoms with Gasteiger partial charge in [0.05, 0.1) is 10.6 Å². The normalized spacial score (nSPS) is 10.4. The first-order valence-corrected chi connectivity index (χ1v) is 4.85. The zero-order valence-corrected chi connectivity index (χ0v) is 9.38. The van der Waals surface area contributed by atoms with Crippen LogP contribution in [0.15, 0.2) is 18.2 Å². The van der Waals surface area contributed by atoms with Gasteiger partial charge in [-0.05, 0) is 30.4 Å². The van der Waals surface area contributed by atoms with Gasteiger partial charge in [0.25, 0.3) is 0 Å². The van der Waals surface area contributed by atoms with Gasteiger partial charge in [0, 0.05) is 5.02 Å². The molecule has 14 heavy (non-hydrogen) atoms. The summed E-state index contributed by atoms with van der Waals surface area (Å²) in [5.74, 6) is 0. The van der Waals surface area contributed by atoms with E-state index in [1.165, 1.54) is 0 Å². The number of halogens is 2. The van der Waals surface area contributed by atoms with Crippen LogP contribution in [0.25, 0.3) is 0 Å². The second kappa shape index (κ2) is 5.14. The fourth-order valence-electron chi connectivity index (χ4n) is 0.804. The second-order valence-electron chi connectivity index (χ2n) is 2.44. The van der Waals surface area contributed by atoms with Crippen LogP contribution in [0.5, 0.6) is 0 Å². The van der Waals surface area contributed by atoms with E-state index in [1.54, 1.807) is 24.4 Å². The zero-order valence-electron chi connectivity index (χ0n) is 7.05. The fourth-order valence-corrected chi connectivity index (χ4v) is 1.33. The topological polar surface area (TPSA) is 52.0 Å². The van der Waals surface area contributed by atoms with Gasteiger partial charge in [-0.15, -0.1) is 10.5 Å². The van der Waals surface area contributed by atoms with Gasteiger partial charge in [-0.3, -0.25) is 0 Å². The molecule has 0 aromatic heterocycles. The molecule has 0 aliphatic rings. The maximum Gasteiger partial charge on any atom is 0.221 e. The molecular weight excluding hydrogens is 241 g/mol. The summed E-state index contributed by atoms with van der Waals surface area (Å²) in [6, 6.07) is 5.16. The molecule has 0 radical (unpaired) electrons. The van der Waals surface area contributed by atoms with Crippen LogP contribution < -0.4 is 16.3 Å². The Hall–Kier alpha value is -0.840. The third-order valence-electron chi connectivity index (χ3n) is 1.39. The van der Waals surface area contributed by atoms with E-state index in [2.05, 4.69) is 22.7 Å². The van der Waals surface area contributed by atoms with E-state index in [0.29, 0.717) is 10.0 Å². The van der Waals surface area contributed by atoms with E-state index in [-0.39, 0.29) is 5.11 Å². The van der Waals surface area contributed by atoms with Crippen LogP contribution in [0.1, 0.15) is 5.56 Å². The van der Waals surface area contributed by atoms with Crippen LogP contribution >= 0.6 is 35.4 Å². The number of hydrazine groups is 1. The van der Waals surface area contributed by atoms with Crippen LogP contribution in [0.2, 0.25) is 10.0 Å². The second-order valence-corrected chi connectivity index (χ2v) is 3.73. The molecule has 0 amide bonds. The Balaban J connectivity index is 2.76. The van der Waals surface area contributed by atoms with Crippen LogP contribution in [0.3, 0.4) is 0 Å². The number of hydrogen-bond acceptors (Lipinski definition) is 1. The molecule has 74 valence electrons. The van der Waals surface area contributed by atoms with Crippen molar-refractivity contribution in [2.24, 2.45) is 5.73 Å². The SMILES string of the molecule is NC(=S)N[NH+]=Cc1ccc(Cl)cc1Cl. The van der Waals surface area contributed by atoms with Crippen molar-refractivity contribution < 1.29 is 5.10 Å². The van der Waals surface area contributed by atoms with Crippen molar-refractivity contribution in [3.63, 3.8) is 0 Å². The molecule has 1 aromatic rings. The number of nitrogens with one attached hydrogen (secondary N) is 2. The van der Waals surface area contributed by atoms with E-state index in [0.717, 1.165) is 5.56 Å². The highest BCUT2D eigenvalue weighted by Crippen LogP contribution is 2.18. The molecule has 1 rings (SSSR count). The molecule has 0 heterocycles. The minimum Gasteiger partial charge on any atom is -0.372 e. The molecule has 0 saturated heterocycles. The van der Waals surface area contributed by atoms with Crippen molar-refractivity contribution in [1.82, 2.24) is 5.43 Å². The van der Waals surface area contributed by atoms with Gasteiger partial charge in [0.15, 0.2) is 6.21 Å². The van der Waals surface area contributed by atoms with E-state index >= 15 is 0 Å². The van der Waals surface area contributed by atoms with Gasteiger partial charge >= 0.3 is 0 Å². The number of rotatable bonds is 2. The zero-order chi connectivity index (χ0) is 10.6. The lowest BCUT2D eigenvalue weighted by Gasteiger charge is -1.95. The van der Waals surface area contributed by atoms with E-state index in [4.69, 9.17) is 28.9 Å². The van der Waals surface area contributed by atoms with Crippen LogP contribution in [-0.2, 0) is 0 Å². The monoisotopic (exact) mass is 248 g/mol. The van der Waals surface area contributed by atoms with Gasteiger partial charge in [-0.1, -0.05) is 23.2 Å². The molecular formula is C8H8Cl2N3S+. The summed E-state index contributed by atoms with van der Waals surface area (Å²) < 4.78 is 0. The maximum absolute atomic E-state index is 5.90. The predicted octanol–water partition coefficient (Wildman–Crippen LogP) is 0.241. The summed E-state index contributed by atoms with van der Waals surface area (Å²) in [5, 5.41) is 3.99. The molecule has 1 aromatic carbocycles. The smallest absolute Gasteiger partial charge is 0.221 e. The Morgan fingerprint density at radius 2 is 2.21 bits per heavy atom. The molecule has 6 heteroatoms. The third-order valence-corrected chi connectivity index (χ3v) is 2.05. The van der Waals surface area contributed by atoms with Crippen LogP contribution in [0, 0.1) is 0 Å². The van der Waals surface area contributed by atoms with Gasteiger partial charge in [-0.25, -0.2) is 0 Å². The van der Waals surface area contributed by atoms with Crippen LogP contribution in [0.4, 0.5) is 0 Å². The lowest BCUT2D eigenvalue weighted by molar-refractivity contribution is -0.499. The molecule has 0 spiro atoms. The Bertz CT molecular complexity index is 379. The molecule has 3 nitrogen and oxygen atoms in total. The number of benzene rings is 1. The molecule has 0 atom stereocenters. The van der Waals surface area contributed by atoms with Gasteiger partial charge in [0.1, 0.15) is 0 Å². The van der Waals surface area contributed by atoms with Crippen molar-refractivity contribution in [3.05, 3.63) is 33.8 Å². The van der Waals surface area contributed by atoms with E-state index < -0.39 is 0 Å². The Labute approximate surface area is 96.9 Å². The van der Waals surface area contributed by atoms with Gasteiger partial charge in [0.2, 0.25) is 5.11 Å². The standard InChI is InChI=1S/C8H7Cl2N3S/c9-6-2-1-5(7(10)3-6)4-12-13-8(11)14/h1-4H,(H3,11,13,14)/p+1. The van der Waals surface area contributed by atoms with Crippen molar-refractivity contribution >= 4 is 46.7 Å². The summed E-state index contributed by atoms with van der Waals surface area (Å²) >= 11 is 16.2. The van der Waals surface area contributed by atoms with Crippen molar-refractivity contribution in [1.29, 1.82) is 0 Å². The Morgan fingerprint density at radius 1 is 1.50 bits per heavy atom. The first-order chi connectivity index (χ1) is 6.59. The minimum absolute atomic E-state index is 0.159. The van der Waals surface area contributed by atoms with Gasteiger partial charge < -0.3 is 5.73 Å². The largest absolute Gasteiger partial charge is 0.372 e. The molecule has 0 aliphatic carbocycles. The Morgan fingerprint density at radius 3 is 2.79 bits per heavy atom. The molecule has 4 N–H and O–H groups in total. The quantitative estimate of drug-likeness (QED) is 0.400. The lowest BCUT2D eigenvalue weighted by atomic mass is 10.2. The third kappa shape index (κ3) is 3.49. The average Bonchev–Trinajstić information content (AvgIpc) is 2.08. The highest BCUT2D eigenvalue weighted by Gasteiger charge is 2.00. The molecule has 0 saturated carbocycles. The summed E-state index contributed by atoms with van der Waals surface area (Å²) in [7, 11) is 0. The van der Waals surface area contributed by atoms with Crippen LogP contribution in [-0.4, -0.2) is 11.3 Å². The first-order valence-electron chi connectivity index (χ1n) is 3.69. The first kappa shape index (κ1) is 11.2. The molecule has 0 unspecified atom stereocenters. The molecule has 0 bridgehead atoms. The van der Waals surface area contributed by atoms with Crippen molar-refractivity contribution in [3.8, 4) is 0 Å². The van der Waals surface area contributed by atoms with Crippen molar-refractivity contribution in [2.45, 2.75) is 0 Å². The maximum atomic E-state index is 5.90. The fraction of sp³-hybridized carbons (Fsp3) is 0. The number of hydrazone groups is 1. The number of nitrogens with two attached hydrogens (primary N) is 1. The lowest BCUT2D eigenvalue weighted by Crippen LogP contribution is -2.82. The minimum atomic E-state index is 0.159. The highest BCUT2D eigenvalue weighted by molar-refractivity contribution is 7.80. The van der Waals surface area contributed by atoms with Crippen molar-refractivity contribution in [2.75, 3.05) is 0 Å². The summed E-state index contributed by atoms with van der Waals surface area (Å²) in [6.45, 7) is 0.